The zero-order chi connectivity index (χ0) is 14.0. The number of carboxylic acids is 1. The first-order valence-electron chi connectivity index (χ1n) is 6.01. The Labute approximate surface area is 111 Å². The normalized spacial score (nSPS) is 10.7. The minimum atomic E-state index is -1.03. The Morgan fingerprint density at radius 3 is 2.42 bits per heavy atom. The molecule has 2 aromatic rings. The molecule has 0 saturated carbocycles. The summed E-state index contributed by atoms with van der Waals surface area (Å²) >= 11 is 0. The van der Waals surface area contributed by atoms with Gasteiger partial charge in [-0.2, -0.15) is 0 Å². The van der Waals surface area contributed by atoms with E-state index in [-0.39, 0.29) is 11.8 Å². The Hall–Kier alpha value is -2.30. The van der Waals surface area contributed by atoms with Crippen LogP contribution in [0.2, 0.25) is 0 Å². The Balaban J connectivity index is 2.29. The van der Waals surface area contributed by atoms with Crippen LogP contribution in [0.5, 0.6) is 5.75 Å². The lowest BCUT2D eigenvalue weighted by Crippen LogP contribution is -2.05. The average molecular weight is 260 g/mol. The van der Waals surface area contributed by atoms with Gasteiger partial charge in [-0.3, -0.25) is 0 Å². The second-order valence-corrected chi connectivity index (χ2v) is 4.56. The van der Waals surface area contributed by atoms with Crippen LogP contribution in [0.3, 0.4) is 0 Å². The minimum absolute atomic E-state index is 0.0417. The number of hydrogen-bond donors (Lipinski definition) is 1. The molecule has 0 atom stereocenters. The van der Waals surface area contributed by atoms with E-state index in [9.17, 15) is 4.79 Å². The summed E-state index contributed by atoms with van der Waals surface area (Å²) in [5.41, 5.74) is 0.895. The number of carbonyl (C=O) groups is 1. The fourth-order valence-electron chi connectivity index (χ4n) is 1.79. The Bertz CT molecular complexity index is 585. The van der Waals surface area contributed by atoms with Crippen molar-refractivity contribution < 1.29 is 14.6 Å². The van der Waals surface area contributed by atoms with Crippen molar-refractivity contribution in [1.29, 1.82) is 0 Å². The van der Waals surface area contributed by atoms with Crippen molar-refractivity contribution in [2.75, 3.05) is 0 Å². The molecule has 5 heteroatoms. The Morgan fingerprint density at radius 1 is 1.32 bits per heavy atom. The van der Waals surface area contributed by atoms with Gasteiger partial charge >= 0.3 is 5.97 Å². The summed E-state index contributed by atoms with van der Waals surface area (Å²) < 4.78 is 7.25. The highest BCUT2D eigenvalue weighted by Gasteiger charge is 2.12. The van der Waals surface area contributed by atoms with Gasteiger partial charge in [-0.1, -0.05) is 0 Å². The molecule has 0 amide bonds. The van der Waals surface area contributed by atoms with Crippen LogP contribution in [-0.4, -0.2) is 26.7 Å². The van der Waals surface area contributed by atoms with E-state index in [0.29, 0.717) is 5.82 Å². The number of aromatic carboxylic acids is 1. The molecule has 100 valence electrons. The highest BCUT2D eigenvalue weighted by Crippen LogP contribution is 2.22. The Kier molecular flexibility index (Phi) is 3.55. The summed E-state index contributed by atoms with van der Waals surface area (Å²) in [4.78, 5) is 15.0. The van der Waals surface area contributed by atoms with Crippen LogP contribution in [0.15, 0.2) is 30.5 Å². The van der Waals surface area contributed by atoms with E-state index in [4.69, 9.17) is 9.84 Å². The molecule has 0 aliphatic carbocycles. The van der Waals surface area contributed by atoms with Crippen molar-refractivity contribution in [3.05, 3.63) is 36.2 Å². The summed E-state index contributed by atoms with van der Waals surface area (Å²) in [6.45, 7) is 3.93. The topological polar surface area (TPSA) is 64.3 Å². The maximum Gasteiger partial charge on any atom is 0.356 e. The number of carboxylic acid groups (broad SMARTS) is 1. The van der Waals surface area contributed by atoms with Crippen molar-refractivity contribution in [2.45, 2.75) is 20.0 Å². The molecule has 0 aliphatic rings. The van der Waals surface area contributed by atoms with E-state index in [2.05, 4.69) is 4.98 Å². The fraction of sp³-hybridized carbons (Fsp3) is 0.286. The number of rotatable bonds is 4. The minimum Gasteiger partial charge on any atom is -0.491 e. The quantitative estimate of drug-likeness (QED) is 0.917. The molecule has 19 heavy (non-hydrogen) atoms. The number of aromatic nitrogens is 2. The molecule has 1 aromatic heterocycles. The second kappa shape index (κ2) is 5.14. The van der Waals surface area contributed by atoms with Gasteiger partial charge in [0.2, 0.25) is 0 Å². The summed E-state index contributed by atoms with van der Waals surface area (Å²) in [7, 11) is 1.77. The van der Waals surface area contributed by atoms with E-state index >= 15 is 0 Å². The zero-order valence-corrected chi connectivity index (χ0v) is 11.1. The molecular weight excluding hydrogens is 244 g/mol. The molecule has 1 heterocycles. The van der Waals surface area contributed by atoms with Gasteiger partial charge in [0.25, 0.3) is 0 Å². The number of ether oxygens (including phenoxy) is 1. The van der Waals surface area contributed by atoms with Crippen molar-refractivity contribution >= 4 is 5.97 Å². The van der Waals surface area contributed by atoms with E-state index in [1.165, 1.54) is 6.20 Å². The van der Waals surface area contributed by atoms with Gasteiger partial charge < -0.3 is 14.4 Å². The summed E-state index contributed by atoms with van der Waals surface area (Å²) in [5, 5.41) is 8.92. The highest BCUT2D eigenvalue weighted by atomic mass is 16.5. The molecule has 0 unspecified atom stereocenters. The SMILES string of the molecule is CC(C)Oc1ccc(-c2nc(C(=O)O)cn2C)cc1. The molecule has 5 nitrogen and oxygen atoms in total. The van der Waals surface area contributed by atoms with Gasteiger partial charge in [-0.05, 0) is 38.1 Å². The predicted molar refractivity (Wildman–Crippen MR) is 71.4 cm³/mol. The molecule has 1 N–H and O–H groups in total. The van der Waals surface area contributed by atoms with Crippen LogP contribution in [0, 0.1) is 0 Å². The third kappa shape index (κ3) is 2.93. The van der Waals surface area contributed by atoms with Gasteiger partial charge in [-0.15, -0.1) is 0 Å². The molecule has 1 aromatic carbocycles. The first-order valence-corrected chi connectivity index (χ1v) is 6.01. The lowest BCUT2D eigenvalue weighted by atomic mass is 10.2. The van der Waals surface area contributed by atoms with Crippen LogP contribution >= 0.6 is 0 Å². The number of benzene rings is 1. The first kappa shape index (κ1) is 13.1. The van der Waals surface area contributed by atoms with E-state index in [1.54, 1.807) is 11.6 Å². The van der Waals surface area contributed by atoms with E-state index < -0.39 is 5.97 Å². The number of nitrogens with zero attached hydrogens (tertiary/aromatic N) is 2. The molecule has 0 saturated heterocycles. The fourth-order valence-corrected chi connectivity index (χ4v) is 1.79. The van der Waals surface area contributed by atoms with Crippen molar-refractivity contribution in [2.24, 2.45) is 7.05 Å². The molecule has 0 aliphatic heterocycles. The number of aryl methyl sites for hydroxylation is 1. The number of hydrogen-bond acceptors (Lipinski definition) is 3. The van der Waals surface area contributed by atoms with Crippen molar-refractivity contribution in [3.63, 3.8) is 0 Å². The van der Waals surface area contributed by atoms with Crippen LogP contribution < -0.4 is 4.74 Å². The molecule has 0 spiro atoms. The largest absolute Gasteiger partial charge is 0.491 e. The average Bonchev–Trinajstić information content (AvgIpc) is 2.72. The van der Waals surface area contributed by atoms with Crippen molar-refractivity contribution in [3.8, 4) is 17.1 Å². The molecule has 0 radical (unpaired) electrons. The summed E-state index contributed by atoms with van der Waals surface area (Å²) in [6, 6.07) is 7.44. The van der Waals surface area contributed by atoms with Gasteiger partial charge in [-0.25, -0.2) is 9.78 Å². The first-order chi connectivity index (χ1) is 8.97. The molecular formula is C14H16N2O3. The van der Waals surface area contributed by atoms with Crippen LogP contribution in [0.25, 0.3) is 11.4 Å². The van der Waals surface area contributed by atoms with E-state index in [0.717, 1.165) is 11.3 Å². The standard InChI is InChI=1S/C14H16N2O3/c1-9(2)19-11-6-4-10(5-7-11)13-15-12(14(17)18)8-16(13)3/h4-9H,1-3H3,(H,17,18). The third-order valence-corrected chi connectivity index (χ3v) is 2.58. The maximum atomic E-state index is 10.9. The van der Waals surface area contributed by atoms with Gasteiger partial charge in [0.05, 0.1) is 6.10 Å². The second-order valence-electron chi connectivity index (χ2n) is 4.56. The van der Waals surface area contributed by atoms with Crippen LogP contribution in [-0.2, 0) is 7.05 Å². The Morgan fingerprint density at radius 2 is 1.95 bits per heavy atom. The molecule has 0 fully saturated rings. The lowest BCUT2D eigenvalue weighted by molar-refractivity contribution is 0.0691. The summed E-state index contributed by atoms with van der Waals surface area (Å²) in [5.74, 6) is 0.376. The van der Waals surface area contributed by atoms with Gasteiger partial charge in [0.15, 0.2) is 5.69 Å². The highest BCUT2D eigenvalue weighted by molar-refractivity contribution is 5.86. The predicted octanol–water partition coefficient (Wildman–Crippen LogP) is 2.57. The maximum absolute atomic E-state index is 10.9. The third-order valence-electron chi connectivity index (χ3n) is 2.58. The molecule has 0 bridgehead atoms. The zero-order valence-electron chi connectivity index (χ0n) is 11.1. The summed E-state index contributed by atoms with van der Waals surface area (Å²) in [6.07, 6.45) is 1.62. The monoisotopic (exact) mass is 260 g/mol. The lowest BCUT2D eigenvalue weighted by Gasteiger charge is -2.10. The van der Waals surface area contributed by atoms with E-state index in [1.807, 2.05) is 38.1 Å². The van der Waals surface area contributed by atoms with Gasteiger partial charge in [0, 0.05) is 18.8 Å². The molecule has 2 rings (SSSR count). The van der Waals surface area contributed by atoms with Gasteiger partial charge in [0.1, 0.15) is 11.6 Å². The van der Waals surface area contributed by atoms with Crippen LogP contribution in [0.4, 0.5) is 0 Å². The van der Waals surface area contributed by atoms with Crippen molar-refractivity contribution in [1.82, 2.24) is 9.55 Å². The number of imidazole rings is 1. The smallest absolute Gasteiger partial charge is 0.356 e. The van der Waals surface area contributed by atoms with Crippen LogP contribution in [0.1, 0.15) is 24.3 Å².